The lowest BCUT2D eigenvalue weighted by Gasteiger charge is -2.38. The number of carbonyl (C=O) groups is 2. The maximum absolute atomic E-state index is 12.5. The van der Waals surface area contributed by atoms with Crippen molar-refractivity contribution in [3.8, 4) is 0 Å². The number of amides is 1. The van der Waals surface area contributed by atoms with E-state index in [9.17, 15) is 19.7 Å². The van der Waals surface area contributed by atoms with Gasteiger partial charge in [-0.1, -0.05) is 6.07 Å². The minimum absolute atomic E-state index is 0.0141. The van der Waals surface area contributed by atoms with Gasteiger partial charge in [0.2, 0.25) is 0 Å². The number of nitrogens with zero attached hydrogens (tertiary/aromatic N) is 2. The Morgan fingerprint density at radius 3 is 2.61 bits per heavy atom. The number of carbonyl (C=O) groups excluding carboxylic acids is 2. The van der Waals surface area contributed by atoms with Crippen molar-refractivity contribution in [2.75, 3.05) is 13.3 Å². The molecule has 1 aliphatic rings. The van der Waals surface area contributed by atoms with E-state index in [-0.39, 0.29) is 17.9 Å². The highest BCUT2D eigenvalue weighted by atomic mass is 32.2. The molecule has 1 heterocycles. The highest BCUT2D eigenvalue weighted by molar-refractivity contribution is 7.98. The smallest absolute Gasteiger partial charge is 0.273 e. The van der Waals surface area contributed by atoms with Crippen molar-refractivity contribution in [2.24, 2.45) is 5.92 Å². The van der Waals surface area contributed by atoms with Crippen molar-refractivity contribution < 1.29 is 19.3 Å². The second-order valence-corrected chi connectivity index (χ2v) is 6.69. The summed E-state index contributed by atoms with van der Waals surface area (Å²) in [6, 6.07) is 4.81. The molecule has 1 atom stereocenters. The van der Waals surface area contributed by atoms with Gasteiger partial charge in [0, 0.05) is 23.6 Å². The fourth-order valence-corrected chi connectivity index (χ4v) is 3.03. The van der Waals surface area contributed by atoms with Gasteiger partial charge in [0.25, 0.3) is 11.6 Å². The molecule has 1 aliphatic heterocycles. The summed E-state index contributed by atoms with van der Waals surface area (Å²) >= 11 is 1.39. The van der Waals surface area contributed by atoms with Crippen LogP contribution in [0, 0.1) is 16.0 Å². The van der Waals surface area contributed by atoms with Gasteiger partial charge in [-0.2, -0.15) is 0 Å². The summed E-state index contributed by atoms with van der Waals surface area (Å²) in [4.78, 5) is 41.5. The van der Waals surface area contributed by atoms with Crippen LogP contribution in [0.4, 0.5) is 5.69 Å². The standard InChI is InChI=1S/C15H18N2O5S/c1-15(2)13(18)11(14(19)16(3)22-15)7-9-5-6-10(23-4)8-12(9)17(20)21/h5-6,8,11H,7H2,1-4H3. The second kappa shape index (κ2) is 6.29. The van der Waals surface area contributed by atoms with Crippen LogP contribution in [-0.2, 0) is 20.8 Å². The Hall–Kier alpha value is -1.93. The van der Waals surface area contributed by atoms with Gasteiger partial charge in [-0.15, -0.1) is 11.8 Å². The van der Waals surface area contributed by atoms with Gasteiger partial charge < -0.3 is 0 Å². The third-order valence-electron chi connectivity index (χ3n) is 3.80. The first-order chi connectivity index (χ1) is 10.7. The molecule has 2 rings (SSSR count). The number of rotatable bonds is 4. The molecule has 0 spiro atoms. The van der Waals surface area contributed by atoms with E-state index in [1.54, 1.807) is 26.0 Å². The topological polar surface area (TPSA) is 89.8 Å². The molecule has 8 heteroatoms. The fraction of sp³-hybridized carbons (Fsp3) is 0.467. The van der Waals surface area contributed by atoms with E-state index in [0.29, 0.717) is 5.56 Å². The van der Waals surface area contributed by atoms with Gasteiger partial charge in [0.05, 0.1) is 4.92 Å². The van der Waals surface area contributed by atoms with Crippen LogP contribution in [0.1, 0.15) is 19.4 Å². The first-order valence-corrected chi connectivity index (χ1v) is 8.22. The number of thioether (sulfide) groups is 1. The van der Waals surface area contributed by atoms with Crippen LogP contribution in [0.15, 0.2) is 23.1 Å². The van der Waals surface area contributed by atoms with Crippen molar-refractivity contribution in [2.45, 2.75) is 30.8 Å². The van der Waals surface area contributed by atoms with Crippen LogP contribution in [0.5, 0.6) is 0 Å². The molecule has 0 N–H and O–H groups in total. The van der Waals surface area contributed by atoms with E-state index in [0.717, 1.165) is 9.96 Å². The molecule has 1 amide bonds. The highest BCUT2D eigenvalue weighted by Gasteiger charge is 2.47. The normalized spacial score (nSPS) is 20.7. The Balaban J connectivity index is 2.39. The van der Waals surface area contributed by atoms with Crippen molar-refractivity contribution in [1.29, 1.82) is 0 Å². The summed E-state index contributed by atoms with van der Waals surface area (Å²) < 4.78 is 0. The highest BCUT2D eigenvalue weighted by Crippen LogP contribution is 2.32. The molecule has 1 saturated heterocycles. The van der Waals surface area contributed by atoms with Gasteiger partial charge >= 0.3 is 0 Å². The largest absolute Gasteiger partial charge is 0.295 e. The lowest BCUT2D eigenvalue weighted by molar-refractivity contribution is -0.385. The summed E-state index contributed by atoms with van der Waals surface area (Å²) in [6.45, 7) is 3.16. The Morgan fingerprint density at radius 1 is 1.39 bits per heavy atom. The molecule has 7 nitrogen and oxygen atoms in total. The van der Waals surface area contributed by atoms with Crippen molar-refractivity contribution >= 4 is 29.1 Å². The summed E-state index contributed by atoms with van der Waals surface area (Å²) in [7, 11) is 1.44. The molecule has 1 aromatic rings. The van der Waals surface area contributed by atoms with E-state index < -0.39 is 22.3 Å². The maximum atomic E-state index is 12.5. The Kier molecular flexibility index (Phi) is 4.76. The molecule has 124 valence electrons. The summed E-state index contributed by atoms with van der Waals surface area (Å²) in [6.07, 6.45) is 1.81. The number of nitro groups is 1. The minimum Gasteiger partial charge on any atom is -0.295 e. The van der Waals surface area contributed by atoms with Crippen LogP contribution >= 0.6 is 11.8 Å². The number of benzene rings is 1. The fourth-order valence-electron chi connectivity index (χ4n) is 2.60. The van der Waals surface area contributed by atoms with Crippen molar-refractivity contribution in [1.82, 2.24) is 5.06 Å². The predicted octanol–water partition coefficient (Wildman–Crippen LogP) is 2.23. The molecule has 0 aliphatic carbocycles. The van der Waals surface area contributed by atoms with Gasteiger partial charge in [0.1, 0.15) is 11.5 Å². The molecular formula is C15H18N2O5S. The van der Waals surface area contributed by atoms with Crippen molar-refractivity contribution in [3.05, 3.63) is 33.9 Å². The zero-order valence-corrected chi connectivity index (χ0v) is 14.2. The maximum Gasteiger partial charge on any atom is 0.273 e. The van der Waals surface area contributed by atoms with Gasteiger partial charge in [-0.3, -0.25) is 24.5 Å². The quantitative estimate of drug-likeness (QED) is 0.362. The third-order valence-corrected chi connectivity index (χ3v) is 4.52. The first kappa shape index (κ1) is 17.4. The molecule has 1 aromatic carbocycles. The zero-order valence-electron chi connectivity index (χ0n) is 13.4. The molecule has 1 fully saturated rings. The van der Waals surface area contributed by atoms with E-state index in [4.69, 9.17) is 4.84 Å². The average molecular weight is 338 g/mol. The lowest BCUT2D eigenvalue weighted by atomic mass is 9.84. The van der Waals surface area contributed by atoms with Crippen LogP contribution in [-0.4, -0.2) is 40.6 Å². The molecule has 0 bridgehead atoms. The Labute approximate surface area is 138 Å². The molecular weight excluding hydrogens is 320 g/mol. The van der Waals surface area contributed by atoms with E-state index in [1.807, 2.05) is 6.26 Å². The molecule has 0 aromatic heterocycles. The lowest BCUT2D eigenvalue weighted by Crippen LogP contribution is -2.56. The van der Waals surface area contributed by atoms with Crippen LogP contribution in [0.3, 0.4) is 0 Å². The molecule has 23 heavy (non-hydrogen) atoms. The van der Waals surface area contributed by atoms with Crippen molar-refractivity contribution in [3.63, 3.8) is 0 Å². The van der Waals surface area contributed by atoms with E-state index in [1.165, 1.54) is 24.9 Å². The van der Waals surface area contributed by atoms with Gasteiger partial charge in [-0.05, 0) is 32.6 Å². The van der Waals surface area contributed by atoms with Gasteiger partial charge in [0.15, 0.2) is 5.78 Å². The number of Topliss-reactive ketones (excluding diaryl/α,β-unsaturated/α-hetero) is 1. The monoisotopic (exact) mass is 338 g/mol. The number of hydroxylamine groups is 2. The summed E-state index contributed by atoms with van der Waals surface area (Å²) in [5.74, 6) is -1.84. The van der Waals surface area contributed by atoms with Crippen LogP contribution < -0.4 is 0 Å². The van der Waals surface area contributed by atoms with E-state index in [2.05, 4.69) is 0 Å². The average Bonchev–Trinajstić information content (AvgIpc) is 2.49. The number of hydrogen-bond acceptors (Lipinski definition) is 6. The Morgan fingerprint density at radius 2 is 2.04 bits per heavy atom. The number of hydrogen-bond donors (Lipinski definition) is 0. The minimum atomic E-state index is -1.14. The zero-order chi connectivity index (χ0) is 17.4. The molecule has 0 saturated carbocycles. The van der Waals surface area contributed by atoms with Crippen LogP contribution in [0.2, 0.25) is 0 Å². The van der Waals surface area contributed by atoms with Gasteiger partial charge in [-0.25, -0.2) is 5.06 Å². The third kappa shape index (κ3) is 3.37. The second-order valence-electron chi connectivity index (χ2n) is 5.81. The van der Waals surface area contributed by atoms with Crippen LogP contribution in [0.25, 0.3) is 0 Å². The molecule has 0 radical (unpaired) electrons. The number of nitro benzene ring substituents is 1. The number of ketones is 1. The summed E-state index contributed by atoms with van der Waals surface area (Å²) in [5.41, 5.74) is -0.851. The molecule has 1 unspecified atom stereocenters. The summed E-state index contributed by atoms with van der Waals surface area (Å²) in [5, 5.41) is 12.3. The first-order valence-electron chi connectivity index (χ1n) is 6.99. The SMILES string of the molecule is CSc1ccc(CC2C(=O)N(C)OC(C)(C)C2=O)c([N+](=O)[O-])c1. The van der Waals surface area contributed by atoms with E-state index >= 15 is 0 Å². The predicted molar refractivity (Wildman–Crippen MR) is 85.0 cm³/mol. The Bertz CT molecular complexity index is 674.